The number of carbonyl (C=O) groups excluding carboxylic acids is 2. The molecule has 6 heteroatoms. The lowest BCUT2D eigenvalue weighted by Gasteiger charge is -2.16. The number of nitrogens with zero attached hydrogens (tertiary/aromatic N) is 1. The van der Waals surface area contributed by atoms with Crippen LogP contribution in [0.2, 0.25) is 0 Å². The van der Waals surface area contributed by atoms with Gasteiger partial charge in [-0.3, -0.25) is 25.3 Å². The molecule has 5 nitrogen and oxygen atoms in total. The van der Waals surface area contributed by atoms with E-state index in [1.807, 2.05) is 0 Å². The first kappa shape index (κ1) is 14.1. The van der Waals surface area contributed by atoms with Gasteiger partial charge < -0.3 is 0 Å². The van der Waals surface area contributed by atoms with Gasteiger partial charge in [0.25, 0.3) is 5.91 Å². The van der Waals surface area contributed by atoms with Crippen molar-refractivity contribution in [1.29, 1.82) is 0 Å². The van der Waals surface area contributed by atoms with Crippen LogP contribution in [0.3, 0.4) is 0 Å². The summed E-state index contributed by atoms with van der Waals surface area (Å²) in [6.07, 6.45) is 0. The summed E-state index contributed by atoms with van der Waals surface area (Å²) in [7, 11) is 1.69. The molecule has 0 bridgehead atoms. The zero-order valence-corrected chi connectivity index (χ0v) is 10.4. The number of likely N-dealkylation sites (N-methyl/N-ethyl adjacent to an activating group) is 1. The second-order valence-corrected chi connectivity index (χ2v) is 3.99. The number of carbonyl (C=O) groups is 2. The smallest absolute Gasteiger partial charge is 0.252 e. The lowest BCUT2D eigenvalue weighted by molar-refractivity contribution is -0.128. The lowest BCUT2D eigenvalue weighted by Crippen LogP contribution is -2.44. The van der Waals surface area contributed by atoms with Gasteiger partial charge in [-0.15, -0.1) is 0 Å². The predicted octanol–water partition coefficient (Wildman–Crippen LogP) is 0.425. The van der Waals surface area contributed by atoms with Crippen LogP contribution in [0.5, 0.6) is 0 Å². The Morgan fingerprint density at radius 2 is 1.94 bits per heavy atom. The van der Waals surface area contributed by atoms with Crippen molar-refractivity contribution in [2.75, 3.05) is 13.6 Å². The van der Waals surface area contributed by atoms with Gasteiger partial charge in [0.2, 0.25) is 5.91 Å². The molecule has 18 heavy (non-hydrogen) atoms. The molecule has 2 N–H and O–H groups in total. The van der Waals surface area contributed by atoms with Crippen LogP contribution >= 0.6 is 0 Å². The van der Waals surface area contributed by atoms with Crippen LogP contribution in [0.4, 0.5) is 4.39 Å². The molecule has 98 valence electrons. The van der Waals surface area contributed by atoms with Crippen molar-refractivity contribution in [2.24, 2.45) is 0 Å². The van der Waals surface area contributed by atoms with Crippen LogP contribution < -0.4 is 10.9 Å². The summed E-state index contributed by atoms with van der Waals surface area (Å²) in [6, 6.07) is 6.39. The van der Waals surface area contributed by atoms with Crippen molar-refractivity contribution in [1.82, 2.24) is 15.8 Å². The molecule has 0 heterocycles. The largest absolute Gasteiger partial charge is 0.293 e. The van der Waals surface area contributed by atoms with Crippen molar-refractivity contribution in [3.8, 4) is 0 Å². The molecule has 0 radical (unpaired) electrons. The Bertz CT molecular complexity index is 437. The second-order valence-electron chi connectivity index (χ2n) is 3.99. The number of amides is 2. The van der Waals surface area contributed by atoms with Gasteiger partial charge in [0.15, 0.2) is 0 Å². The molecule has 0 aliphatic heterocycles. The fourth-order valence-corrected chi connectivity index (χ4v) is 1.42. The van der Waals surface area contributed by atoms with Crippen LogP contribution in [0.25, 0.3) is 0 Å². The minimum atomic E-state index is -0.357. The molecule has 0 aliphatic carbocycles. The third kappa shape index (κ3) is 4.92. The molecule has 0 spiro atoms. The number of rotatable bonds is 4. The summed E-state index contributed by atoms with van der Waals surface area (Å²) >= 11 is 0. The highest BCUT2D eigenvalue weighted by atomic mass is 19.1. The highest BCUT2D eigenvalue weighted by Crippen LogP contribution is 2.08. The summed E-state index contributed by atoms with van der Waals surface area (Å²) in [5, 5.41) is 0. The van der Waals surface area contributed by atoms with Crippen molar-refractivity contribution in [2.45, 2.75) is 13.5 Å². The van der Waals surface area contributed by atoms with Gasteiger partial charge in [0, 0.05) is 19.0 Å². The van der Waals surface area contributed by atoms with Gasteiger partial charge in [0.1, 0.15) is 5.82 Å². The van der Waals surface area contributed by atoms with Crippen LogP contribution in [0.1, 0.15) is 12.5 Å². The average molecular weight is 253 g/mol. The summed E-state index contributed by atoms with van der Waals surface area (Å²) < 4.78 is 13.4. The van der Waals surface area contributed by atoms with Gasteiger partial charge in [-0.05, 0) is 13.1 Å². The Hall–Kier alpha value is -1.95. The van der Waals surface area contributed by atoms with Gasteiger partial charge in [-0.1, -0.05) is 18.2 Å². The van der Waals surface area contributed by atoms with Crippen LogP contribution in [0, 0.1) is 5.82 Å². The van der Waals surface area contributed by atoms with E-state index in [2.05, 4.69) is 10.9 Å². The maximum atomic E-state index is 13.4. The maximum Gasteiger partial charge on any atom is 0.252 e. The Kier molecular flexibility index (Phi) is 5.26. The number of nitrogens with one attached hydrogen (secondary N) is 2. The Morgan fingerprint density at radius 3 is 2.56 bits per heavy atom. The van der Waals surface area contributed by atoms with Crippen molar-refractivity contribution in [3.05, 3.63) is 35.6 Å². The van der Waals surface area contributed by atoms with Crippen molar-refractivity contribution >= 4 is 11.8 Å². The third-order valence-corrected chi connectivity index (χ3v) is 2.19. The number of hydrogen-bond acceptors (Lipinski definition) is 3. The quantitative estimate of drug-likeness (QED) is 0.765. The lowest BCUT2D eigenvalue weighted by atomic mass is 10.2. The molecule has 0 atom stereocenters. The third-order valence-electron chi connectivity index (χ3n) is 2.19. The topological polar surface area (TPSA) is 61.4 Å². The van der Waals surface area contributed by atoms with Crippen LogP contribution in [0.15, 0.2) is 24.3 Å². The monoisotopic (exact) mass is 253 g/mol. The molecule has 1 rings (SSSR count). The van der Waals surface area contributed by atoms with E-state index in [9.17, 15) is 14.0 Å². The summed E-state index contributed by atoms with van der Waals surface area (Å²) in [4.78, 5) is 23.6. The fraction of sp³-hybridized carbons (Fsp3) is 0.333. The highest BCUT2D eigenvalue weighted by molar-refractivity contribution is 5.81. The first-order chi connectivity index (χ1) is 8.49. The molecule has 0 saturated heterocycles. The average Bonchev–Trinajstić information content (AvgIpc) is 2.29. The van der Waals surface area contributed by atoms with E-state index in [4.69, 9.17) is 0 Å². The summed E-state index contributed by atoms with van der Waals surface area (Å²) in [5.74, 6) is -1.00. The molecule has 0 aliphatic rings. The van der Waals surface area contributed by atoms with E-state index >= 15 is 0 Å². The second kappa shape index (κ2) is 6.70. The molecule has 0 unspecified atom stereocenters. The summed E-state index contributed by atoms with van der Waals surface area (Å²) in [6.45, 7) is 1.68. The SMILES string of the molecule is CC(=O)NNC(=O)CN(C)Cc1ccccc1F. The first-order valence-electron chi connectivity index (χ1n) is 5.46. The number of benzene rings is 1. The number of hydrogen-bond donors (Lipinski definition) is 2. The normalized spacial score (nSPS) is 10.2. The van der Waals surface area contributed by atoms with E-state index in [-0.39, 0.29) is 24.2 Å². The fourth-order valence-electron chi connectivity index (χ4n) is 1.42. The van der Waals surface area contributed by atoms with Gasteiger partial charge >= 0.3 is 0 Å². The van der Waals surface area contributed by atoms with Crippen molar-refractivity contribution < 1.29 is 14.0 Å². The maximum absolute atomic E-state index is 13.4. The molecule has 0 saturated carbocycles. The van der Waals surface area contributed by atoms with E-state index in [0.717, 1.165) is 0 Å². The molecule has 0 fully saturated rings. The zero-order chi connectivity index (χ0) is 13.5. The van der Waals surface area contributed by atoms with Crippen molar-refractivity contribution in [3.63, 3.8) is 0 Å². The Labute approximate surface area is 105 Å². The molecular formula is C12H16FN3O2. The first-order valence-corrected chi connectivity index (χ1v) is 5.46. The van der Waals surface area contributed by atoms with E-state index in [1.54, 1.807) is 30.1 Å². The minimum absolute atomic E-state index is 0.0641. The number of hydrazine groups is 1. The van der Waals surface area contributed by atoms with Gasteiger partial charge in [0.05, 0.1) is 6.54 Å². The molecule has 2 amide bonds. The minimum Gasteiger partial charge on any atom is -0.293 e. The van der Waals surface area contributed by atoms with E-state index in [0.29, 0.717) is 12.1 Å². The standard InChI is InChI=1S/C12H16FN3O2/c1-9(17)14-15-12(18)8-16(2)7-10-5-3-4-6-11(10)13/h3-6H,7-8H2,1-2H3,(H,14,17)(H,15,18). The zero-order valence-electron chi connectivity index (χ0n) is 10.4. The predicted molar refractivity (Wildman–Crippen MR) is 64.7 cm³/mol. The Balaban J connectivity index is 2.42. The van der Waals surface area contributed by atoms with Gasteiger partial charge in [-0.25, -0.2) is 4.39 Å². The van der Waals surface area contributed by atoms with Crippen LogP contribution in [-0.2, 0) is 16.1 Å². The summed E-state index contributed by atoms with van der Waals surface area (Å²) in [5.41, 5.74) is 4.95. The number of halogens is 1. The molecule has 1 aromatic carbocycles. The van der Waals surface area contributed by atoms with E-state index < -0.39 is 0 Å². The van der Waals surface area contributed by atoms with Gasteiger partial charge in [-0.2, -0.15) is 0 Å². The van der Waals surface area contributed by atoms with Crippen LogP contribution in [-0.4, -0.2) is 30.3 Å². The molecular weight excluding hydrogens is 237 g/mol. The van der Waals surface area contributed by atoms with E-state index in [1.165, 1.54) is 13.0 Å². The Morgan fingerprint density at radius 1 is 1.28 bits per heavy atom. The molecule has 0 aromatic heterocycles. The highest BCUT2D eigenvalue weighted by Gasteiger charge is 2.09. The molecule has 1 aromatic rings.